The molecule has 4 fully saturated rings. The fraction of sp³-hybridized carbons (Fsp3) is 0.786. The van der Waals surface area contributed by atoms with Gasteiger partial charge in [0.05, 0.1) is 9.77 Å². The molecular formula is C14H19IN2. The summed E-state index contributed by atoms with van der Waals surface area (Å²) >= 11 is 2.36. The second-order valence-corrected chi connectivity index (χ2v) is 7.72. The topological polar surface area (TPSA) is 17.8 Å². The van der Waals surface area contributed by atoms with Crippen LogP contribution < -0.4 is 0 Å². The molecule has 4 bridgehead atoms. The molecule has 0 aliphatic heterocycles. The summed E-state index contributed by atoms with van der Waals surface area (Å²) in [5.41, 5.74) is 0. The molecule has 0 radical (unpaired) electrons. The van der Waals surface area contributed by atoms with Crippen molar-refractivity contribution in [3.63, 3.8) is 0 Å². The second kappa shape index (κ2) is 3.97. The number of hydrogen-bond acceptors (Lipinski definition) is 1. The number of hydrogen-bond donors (Lipinski definition) is 0. The predicted octanol–water partition coefficient (Wildman–Crippen LogP) is 3.56. The number of halogens is 1. The van der Waals surface area contributed by atoms with Crippen LogP contribution >= 0.6 is 22.6 Å². The Morgan fingerprint density at radius 2 is 1.76 bits per heavy atom. The van der Waals surface area contributed by atoms with Gasteiger partial charge in [0.2, 0.25) is 0 Å². The molecule has 2 nitrogen and oxygen atoms in total. The van der Waals surface area contributed by atoms with Crippen LogP contribution in [0.4, 0.5) is 0 Å². The summed E-state index contributed by atoms with van der Waals surface area (Å²) in [6, 6.07) is 0. The van der Waals surface area contributed by atoms with E-state index in [2.05, 4.69) is 38.6 Å². The molecule has 0 saturated heterocycles. The zero-order valence-electron chi connectivity index (χ0n) is 10.1. The summed E-state index contributed by atoms with van der Waals surface area (Å²) < 4.78 is 3.46. The highest BCUT2D eigenvalue weighted by Gasteiger charge is 2.48. The Morgan fingerprint density at radius 1 is 1.12 bits per heavy atom. The Morgan fingerprint density at radius 3 is 2.29 bits per heavy atom. The number of aromatic nitrogens is 2. The van der Waals surface area contributed by atoms with E-state index in [1.54, 1.807) is 6.42 Å². The highest BCUT2D eigenvalue weighted by molar-refractivity contribution is 14.1. The third-order valence-corrected chi connectivity index (χ3v) is 5.98. The van der Waals surface area contributed by atoms with Gasteiger partial charge in [-0.05, 0) is 84.3 Å². The minimum Gasteiger partial charge on any atom is -0.271 e. The molecule has 17 heavy (non-hydrogen) atoms. The van der Waals surface area contributed by atoms with E-state index in [1.807, 2.05) is 6.20 Å². The molecule has 4 aliphatic rings. The van der Waals surface area contributed by atoms with Crippen LogP contribution in [0.25, 0.3) is 0 Å². The van der Waals surface area contributed by atoms with E-state index in [0.717, 1.165) is 29.6 Å². The molecule has 1 heterocycles. The molecule has 0 aromatic carbocycles. The third kappa shape index (κ3) is 1.85. The highest BCUT2D eigenvalue weighted by atomic mass is 127. The van der Waals surface area contributed by atoms with E-state index in [1.165, 1.54) is 35.8 Å². The molecule has 5 rings (SSSR count). The van der Waals surface area contributed by atoms with Crippen molar-refractivity contribution in [3.8, 4) is 0 Å². The largest absolute Gasteiger partial charge is 0.271 e. The molecular weight excluding hydrogens is 323 g/mol. The molecule has 0 unspecified atom stereocenters. The van der Waals surface area contributed by atoms with Crippen molar-refractivity contribution in [2.45, 2.75) is 38.6 Å². The van der Waals surface area contributed by atoms with Gasteiger partial charge in [0.15, 0.2) is 0 Å². The van der Waals surface area contributed by atoms with Gasteiger partial charge < -0.3 is 0 Å². The van der Waals surface area contributed by atoms with Gasteiger partial charge in [0, 0.05) is 12.7 Å². The van der Waals surface area contributed by atoms with Crippen molar-refractivity contribution < 1.29 is 0 Å². The Labute approximate surface area is 116 Å². The number of rotatable bonds is 2. The minimum atomic E-state index is 0.929. The summed E-state index contributed by atoms with van der Waals surface area (Å²) in [6.07, 6.45) is 11.8. The van der Waals surface area contributed by atoms with Crippen molar-refractivity contribution in [1.82, 2.24) is 9.78 Å². The van der Waals surface area contributed by atoms with E-state index >= 15 is 0 Å². The van der Waals surface area contributed by atoms with E-state index in [9.17, 15) is 0 Å². The zero-order valence-corrected chi connectivity index (χ0v) is 12.2. The molecule has 1 aromatic rings. The molecule has 4 saturated carbocycles. The molecule has 0 N–H and O–H groups in total. The van der Waals surface area contributed by atoms with Crippen molar-refractivity contribution in [2.24, 2.45) is 29.6 Å². The van der Waals surface area contributed by atoms with Crippen LogP contribution in [0.3, 0.4) is 0 Å². The monoisotopic (exact) mass is 342 g/mol. The van der Waals surface area contributed by atoms with Crippen molar-refractivity contribution in [1.29, 1.82) is 0 Å². The Bertz CT molecular complexity index is 398. The summed E-state index contributed by atoms with van der Waals surface area (Å²) in [6.45, 7) is 1.18. The lowest BCUT2D eigenvalue weighted by Crippen LogP contribution is -2.46. The van der Waals surface area contributed by atoms with Crippen LogP contribution in [-0.2, 0) is 6.54 Å². The van der Waals surface area contributed by atoms with Crippen LogP contribution in [0.1, 0.15) is 32.1 Å². The van der Waals surface area contributed by atoms with Crippen LogP contribution in [0.15, 0.2) is 12.4 Å². The van der Waals surface area contributed by atoms with E-state index in [-0.39, 0.29) is 0 Å². The Kier molecular flexibility index (Phi) is 2.53. The van der Waals surface area contributed by atoms with Gasteiger partial charge in [-0.2, -0.15) is 5.10 Å². The van der Waals surface area contributed by atoms with Crippen LogP contribution in [0, 0.1) is 33.2 Å². The average Bonchev–Trinajstić information content (AvgIpc) is 2.68. The summed E-state index contributed by atoms with van der Waals surface area (Å²) in [7, 11) is 0. The lowest BCUT2D eigenvalue weighted by atomic mass is 9.52. The maximum absolute atomic E-state index is 4.48. The van der Waals surface area contributed by atoms with Crippen molar-refractivity contribution >= 4 is 22.6 Å². The lowest BCUT2D eigenvalue weighted by molar-refractivity contribution is -0.0442. The van der Waals surface area contributed by atoms with Gasteiger partial charge in [-0.25, -0.2) is 0 Å². The summed E-state index contributed by atoms with van der Waals surface area (Å²) in [4.78, 5) is 0. The maximum Gasteiger partial charge on any atom is 0.0623 e. The SMILES string of the molecule is Ic1cnn(CC2C3CC4CC(C3)CC2C4)c1. The van der Waals surface area contributed by atoms with Crippen LogP contribution in [-0.4, -0.2) is 9.78 Å². The minimum absolute atomic E-state index is 0.929. The first kappa shape index (κ1) is 10.8. The second-order valence-electron chi connectivity index (χ2n) is 6.48. The Hall–Kier alpha value is -0.0600. The average molecular weight is 342 g/mol. The molecule has 0 spiro atoms. The molecule has 3 heteroatoms. The van der Waals surface area contributed by atoms with E-state index < -0.39 is 0 Å². The first-order chi connectivity index (χ1) is 8.28. The van der Waals surface area contributed by atoms with Gasteiger partial charge in [0.1, 0.15) is 0 Å². The molecule has 0 amide bonds. The number of nitrogens with zero attached hydrogens (tertiary/aromatic N) is 2. The molecule has 0 atom stereocenters. The zero-order chi connectivity index (χ0) is 11.4. The molecule has 92 valence electrons. The van der Waals surface area contributed by atoms with E-state index in [0.29, 0.717) is 0 Å². The molecule has 4 aliphatic carbocycles. The summed E-state index contributed by atoms with van der Waals surface area (Å²) in [5, 5.41) is 4.48. The van der Waals surface area contributed by atoms with Gasteiger partial charge in [-0.3, -0.25) is 4.68 Å². The fourth-order valence-corrected chi connectivity index (χ4v) is 5.44. The smallest absolute Gasteiger partial charge is 0.0623 e. The highest BCUT2D eigenvalue weighted by Crippen LogP contribution is 2.56. The van der Waals surface area contributed by atoms with E-state index in [4.69, 9.17) is 0 Å². The quantitative estimate of drug-likeness (QED) is 0.752. The first-order valence-corrected chi connectivity index (χ1v) is 8.04. The van der Waals surface area contributed by atoms with Crippen molar-refractivity contribution in [2.75, 3.05) is 0 Å². The van der Waals surface area contributed by atoms with Crippen LogP contribution in [0.5, 0.6) is 0 Å². The predicted molar refractivity (Wildman–Crippen MR) is 75.5 cm³/mol. The van der Waals surface area contributed by atoms with Gasteiger partial charge in [0.25, 0.3) is 0 Å². The van der Waals surface area contributed by atoms with Gasteiger partial charge >= 0.3 is 0 Å². The first-order valence-electron chi connectivity index (χ1n) is 6.96. The van der Waals surface area contributed by atoms with Gasteiger partial charge in [-0.15, -0.1) is 0 Å². The third-order valence-electron chi connectivity index (χ3n) is 5.42. The Balaban J connectivity index is 1.54. The lowest BCUT2D eigenvalue weighted by Gasteiger charge is -2.54. The molecule has 1 aromatic heterocycles. The van der Waals surface area contributed by atoms with Crippen molar-refractivity contribution in [3.05, 3.63) is 16.0 Å². The van der Waals surface area contributed by atoms with Crippen LogP contribution in [0.2, 0.25) is 0 Å². The normalized spacial score (nSPS) is 43.2. The van der Waals surface area contributed by atoms with Gasteiger partial charge in [-0.1, -0.05) is 0 Å². The summed E-state index contributed by atoms with van der Waals surface area (Å²) in [5.74, 6) is 5.15. The fourth-order valence-electron chi connectivity index (χ4n) is 4.99. The standard InChI is InChI=1S/C14H19IN2/c15-13-6-16-17(7-13)8-14-11-2-9-1-10(4-11)5-12(14)3-9/h6-7,9-12,14H,1-5,8H2. The maximum atomic E-state index is 4.48.